The Morgan fingerprint density at radius 1 is 0.652 bits per heavy atom. The fourth-order valence-corrected chi connectivity index (χ4v) is 2.87. The van der Waals surface area contributed by atoms with E-state index in [0.29, 0.717) is 13.2 Å². The molecule has 1 fully saturated rings. The first kappa shape index (κ1) is 15.8. The minimum atomic E-state index is -0.796. The zero-order valence-electron chi connectivity index (χ0n) is 14.2. The van der Waals surface area contributed by atoms with Crippen molar-refractivity contribution in [1.29, 1.82) is 0 Å². The van der Waals surface area contributed by atoms with E-state index in [4.69, 9.17) is 9.47 Å². The van der Waals surface area contributed by atoms with Gasteiger partial charge in [0.2, 0.25) is 5.79 Å². The van der Waals surface area contributed by atoms with Gasteiger partial charge in [-0.15, -0.1) is 0 Å². The number of hydrogen-bond acceptors (Lipinski definition) is 4. The normalized spacial score (nSPS) is 16.3. The molecule has 2 aromatic rings. The topological polar surface area (TPSA) is 24.9 Å². The largest absolute Gasteiger partial charge is 0.378 e. The van der Waals surface area contributed by atoms with Gasteiger partial charge in [-0.05, 0) is 24.3 Å². The van der Waals surface area contributed by atoms with Crippen molar-refractivity contribution in [2.24, 2.45) is 0 Å². The van der Waals surface area contributed by atoms with Gasteiger partial charge in [0, 0.05) is 50.7 Å². The van der Waals surface area contributed by atoms with Crippen molar-refractivity contribution in [3.63, 3.8) is 0 Å². The second kappa shape index (κ2) is 6.22. The number of anilines is 2. The van der Waals surface area contributed by atoms with Gasteiger partial charge in [-0.25, -0.2) is 0 Å². The third-order valence-corrected chi connectivity index (χ3v) is 4.22. The van der Waals surface area contributed by atoms with Crippen LogP contribution in [0.25, 0.3) is 0 Å². The van der Waals surface area contributed by atoms with Gasteiger partial charge >= 0.3 is 0 Å². The van der Waals surface area contributed by atoms with Gasteiger partial charge in [0.15, 0.2) is 0 Å². The van der Waals surface area contributed by atoms with Crippen LogP contribution in [0, 0.1) is 0 Å². The lowest BCUT2D eigenvalue weighted by atomic mass is 9.96. The van der Waals surface area contributed by atoms with Crippen LogP contribution < -0.4 is 9.80 Å². The van der Waals surface area contributed by atoms with Crippen molar-refractivity contribution in [2.75, 3.05) is 51.2 Å². The average molecular weight is 312 g/mol. The van der Waals surface area contributed by atoms with Crippen molar-refractivity contribution in [3.05, 3.63) is 59.7 Å². The summed E-state index contributed by atoms with van der Waals surface area (Å²) < 4.78 is 12.1. The Bertz CT molecular complexity index is 589. The van der Waals surface area contributed by atoms with Gasteiger partial charge in [0.25, 0.3) is 0 Å². The minimum absolute atomic E-state index is 0.602. The maximum atomic E-state index is 6.06. The van der Waals surface area contributed by atoms with Crippen molar-refractivity contribution < 1.29 is 9.47 Å². The van der Waals surface area contributed by atoms with E-state index < -0.39 is 5.79 Å². The summed E-state index contributed by atoms with van der Waals surface area (Å²) in [6, 6.07) is 16.7. The Hall–Kier alpha value is -2.04. The van der Waals surface area contributed by atoms with Crippen LogP contribution in [0.3, 0.4) is 0 Å². The van der Waals surface area contributed by atoms with Crippen LogP contribution in [0.1, 0.15) is 11.1 Å². The maximum Gasteiger partial charge on any atom is 0.222 e. The van der Waals surface area contributed by atoms with Crippen LogP contribution in [-0.4, -0.2) is 41.4 Å². The molecule has 1 heterocycles. The van der Waals surface area contributed by atoms with E-state index >= 15 is 0 Å². The summed E-state index contributed by atoms with van der Waals surface area (Å²) in [4.78, 5) is 4.16. The summed E-state index contributed by atoms with van der Waals surface area (Å²) in [5, 5.41) is 0. The molecule has 4 nitrogen and oxygen atoms in total. The highest BCUT2D eigenvalue weighted by Crippen LogP contribution is 2.39. The summed E-state index contributed by atoms with van der Waals surface area (Å²) >= 11 is 0. The zero-order valence-corrected chi connectivity index (χ0v) is 14.2. The molecule has 1 aliphatic heterocycles. The van der Waals surface area contributed by atoms with Gasteiger partial charge in [-0.1, -0.05) is 24.3 Å². The van der Waals surface area contributed by atoms with Gasteiger partial charge < -0.3 is 19.3 Å². The van der Waals surface area contributed by atoms with E-state index in [-0.39, 0.29) is 0 Å². The maximum absolute atomic E-state index is 6.06. The molecule has 23 heavy (non-hydrogen) atoms. The Kier molecular flexibility index (Phi) is 4.28. The first-order chi connectivity index (χ1) is 11.0. The molecule has 2 aromatic carbocycles. The molecule has 122 valence electrons. The summed E-state index contributed by atoms with van der Waals surface area (Å²) in [7, 11) is 8.14. The lowest BCUT2D eigenvalue weighted by molar-refractivity contribution is -0.129. The predicted octanol–water partition coefficient (Wildman–Crippen LogP) is 3.07. The van der Waals surface area contributed by atoms with Crippen LogP contribution in [0.4, 0.5) is 11.4 Å². The molecule has 0 atom stereocenters. The lowest BCUT2D eigenvalue weighted by Gasteiger charge is -2.29. The fraction of sp³-hybridized carbons (Fsp3) is 0.368. The smallest absolute Gasteiger partial charge is 0.222 e. The summed E-state index contributed by atoms with van der Waals surface area (Å²) in [5.74, 6) is -0.796. The average Bonchev–Trinajstić information content (AvgIpc) is 3.06. The lowest BCUT2D eigenvalue weighted by Crippen LogP contribution is -2.28. The number of nitrogens with zero attached hydrogens (tertiary/aromatic N) is 2. The van der Waals surface area contributed by atoms with Gasteiger partial charge in [-0.2, -0.15) is 0 Å². The van der Waals surface area contributed by atoms with E-state index in [2.05, 4.69) is 58.3 Å². The Balaban J connectivity index is 1.99. The van der Waals surface area contributed by atoms with Crippen molar-refractivity contribution >= 4 is 11.4 Å². The van der Waals surface area contributed by atoms with Crippen molar-refractivity contribution in [1.82, 2.24) is 0 Å². The molecule has 0 bridgehead atoms. The number of rotatable bonds is 4. The minimum Gasteiger partial charge on any atom is -0.378 e. The van der Waals surface area contributed by atoms with E-state index in [1.807, 2.05) is 28.2 Å². The molecular formula is C19H24N2O2. The Morgan fingerprint density at radius 2 is 1.00 bits per heavy atom. The highest BCUT2D eigenvalue weighted by atomic mass is 16.7. The van der Waals surface area contributed by atoms with Crippen LogP contribution in [0.2, 0.25) is 0 Å². The Morgan fingerprint density at radius 3 is 1.30 bits per heavy atom. The standard InChI is InChI=1S/C19H24N2O2/c1-20(2)17-9-5-15(6-10-17)19(22-13-14-23-19)16-7-11-18(12-8-16)21(3)4/h5-12H,13-14H2,1-4H3. The summed E-state index contributed by atoms with van der Waals surface area (Å²) in [6.07, 6.45) is 0. The summed E-state index contributed by atoms with van der Waals surface area (Å²) in [5.41, 5.74) is 4.37. The SMILES string of the molecule is CN(C)c1ccc(C2(c3ccc(N(C)C)cc3)OCCO2)cc1. The van der Waals surface area contributed by atoms with E-state index in [0.717, 1.165) is 22.5 Å². The third kappa shape index (κ3) is 2.92. The molecule has 0 saturated carbocycles. The molecule has 0 amide bonds. The molecule has 1 saturated heterocycles. The van der Waals surface area contributed by atoms with Crippen molar-refractivity contribution in [2.45, 2.75) is 5.79 Å². The van der Waals surface area contributed by atoms with Crippen LogP contribution in [0.5, 0.6) is 0 Å². The zero-order chi connectivity index (χ0) is 16.4. The molecule has 0 radical (unpaired) electrons. The number of hydrogen-bond donors (Lipinski definition) is 0. The second-order valence-corrected chi connectivity index (χ2v) is 6.20. The second-order valence-electron chi connectivity index (χ2n) is 6.20. The third-order valence-electron chi connectivity index (χ3n) is 4.22. The predicted molar refractivity (Wildman–Crippen MR) is 94.2 cm³/mol. The van der Waals surface area contributed by atoms with Gasteiger partial charge in [-0.3, -0.25) is 0 Å². The van der Waals surface area contributed by atoms with E-state index in [1.165, 1.54) is 0 Å². The molecule has 0 N–H and O–H groups in total. The monoisotopic (exact) mass is 312 g/mol. The first-order valence-electron chi connectivity index (χ1n) is 7.86. The molecule has 0 aromatic heterocycles. The molecule has 0 aliphatic carbocycles. The molecule has 1 aliphatic rings. The van der Waals surface area contributed by atoms with Crippen LogP contribution in [-0.2, 0) is 15.3 Å². The molecule has 0 spiro atoms. The molecule has 3 rings (SSSR count). The molecule has 0 unspecified atom stereocenters. The van der Waals surface area contributed by atoms with Crippen LogP contribution in [0.15, 0.2) is 48.5 Å². The molecular weight excluding hydrogens is 288 g/mol. The van der Waals surface area contributed by atoms with Gasteiger partial charge in [0.1, 0.15) is 0 Å². The van der Waals surface area contributed by atoms with E-state index in [9.17, 15) is 0 Å². The quantitative estimate of drug-likeness (QED) is 0.866. The fourth-order valence-electron chi connectivity index (χ4n) is 2.87. The van der Waals surface area contributed by atoms with Gasteiger partial charge in [0.05, 0.1) is 13.2 Å². The van der Waals surface area contributed by atoms with Crippen molar-refractivity contribution in [3.8, 4) is 0 Å². The number of benzene rings is 2. The number of ether oxygens (including phenoxy) is 2. The summed E-state index contributed by atoms with van der Waals surface area (Å²) in [6.45, 7) is 1.20. The first-order valence-corrected chi connectivity index (χ1v) is 7.86. The molecule has 4 heteroatoms. The highest BCUT2D eigenvalue weighted by molar-refractivity contribution is 5.51. The highest BCUT2D eigenvalue weighted by Gasteiger charge is 2.40. The Labute approximate surface area is 138 Å². The van der Waals surface area contributed by atoms with Crippen LogP contribution >= 0.6 is 0 Å². The van der Waals surface area contributed by atoms with E-state index in [1.54, 1.807) is 0 Å².